The van der Waals surface area contributed by atoms with E-state index in [1.807, 2.05) is 17.7 Å². The van der Waals surface area contributed by atoms with Crippen LogP contribution in [0.25, 0.3) is 0 Å². The first-order valence-corrected chi connectivity index (χ1v) is 8.36. The molecule has 1 aromatic rings. The number of guanidine groups is 1. The van der Waals surface area contributed by atoms with Gasteiger partial charge in [0, 0.05) is 40.0 Å². The normalized spacial score (nSPS) is 12.0. The first kappa shape index (κ1) is 20.1. The summed E-state index contributed by atoms with van der Waals surface area (Å²) in [6.45, 7) is 4.17. The summed E-state index contributed by atoms with van der Waals surface area (Å²) in [7, 11) is 7.45. The summed E-state index contributed by atoms with van der Waals surface area (Å²) in [5.41, 5.74) is 1.00. The lowest BCUT2D eigenvalue weighted by Gasteiger charge is -2.17. The Morgan fingerprint density at radius 3 is 2.65 bits per heavy atom. The van der Waals surface area contributed by atoms with Gasteiger partial charge in [-0.3, -0.25) is 4.99 Å². The molecule has 1 heterocycles. The van der Waals surface area contributed by atoms with Crippen molar-refractivity contribution in [1.82, 2.24) is 20.1 Å². The van der Waals surface area contributed by atoms with Crippen molar-refractivity contribution in [2.75, 3.05) is 47.4 Å². The molecule has 0 aromatic carbocycles. The number of aliphatic imine (C=N–C) groups is 1. The molecule has 2 N–H and O–H groups in total. The van der Waals surface area contributed by atoms with Crippen molar-refractivity contribution in [3.8, 4) is 0 Å². The Bertz CT molecular complexity index is 504. The second kappa shape index (κ2) is 10.8. The van der Waals surface area contributed by atoms with Gasteiger partial charge in [0.15, 0.2) is 5.96 Å². The molecule has 132 valence electrons. The van der Waals surface area contributed by atoms with Crippen LogP contribution < -0.4 is 10.6 Å². The molecule has 0 aliphatic heterocycles. The van der Waals surface area contributed by atoms with Crippen molar-refractivity contribution in [2.24, 2.45) is 12.0 Å². The lowest BCUT2D eigenvalue weighted by molar-refractivity contribution is 0.161. The predicted molar refractivity (Wildman–Crippen MR) is 97.6 cm³/mol. The summed E-state index contributed by atoms with van der Waals surface area (Å²) in [6.07, 6.45) is 1.03. The number of rotatable bonds is 9. The van der Waals surface area contributed by atoms with Crippen LogP contribution in [0.15, 0.2) is 11.1 Å². The molecule has 0 atom stereocenters. The third kappa shape index (κ3) is 6.99. The molecule has 0 radical (unpaired) electrons. The van der Waals surface area contributed by atoms with E-state index in [0.717, 1.165) is 44.3 Å². The molecule has 0 fully saturated rings. The number of methoxy groups -OCH3 is 1. The van der Waals surface area contributed by atoms with E-state index in [2.05, 4.69) is 27.6 Å². The average molecular weight is 364 g/mol. The monoisotopic (exact) mass is 363 g/mol. The van der Waals surface area contributed by atoms with Crippen molar-refractivity contribution in [2.45, 2.75) is 13.0 Å². The lowest BCUT2D eigenvalue weighted by atomic mass is 10.4. The zero-order valence-electron chi connectivity index (χ0n) is 14.3. The summed E-state index contributed by atoms with van der Waals surface area (Å²) in [5.74, 6) is 0.762. The van der Waals surface area contributed by atoms with Gasteiger partial charge < -0.3 is 24.8 Å². The van der Waals surface area contributed by atoms with Gasteiger partial charge in [0.2, 0.25) is 0 Å². The maximum atomic E-state index is 6.06. The first-order chi connectivity index (χ1) is 11.0. The van der Waals surface area contributed by atoms with Gasteiger partial charge in [-0.2, -0.15) is 0 Å². The van der Waals surface area contributed by atoms with Gasteiger partial charge >= 0.3 is 0 Å². The molecule has 1 aromatic heterocycles. The topological polar surface area (TPSA) is 53.8 Å². The minimum Gasteiger partial charge on any atom is -0.383 e. The molecule has 0 amide bonds. The van der Waals surface area contributed by atoms with Crippen molar-refractivity contribution >= 4 is 29.2 Å². The van der Waals surface area contributed by atoms with Crippen molar-refractivity contribution in [3.63, 3.8) is 0 Å². The van der Waals surface area contributed by atoms with Crippen LogP contribution in [0.4, 0.5) is 0 Å². The molecule has 1 rings (SSSR count). The highest BCUT2D eigenvalue weighted by atomic mass is 35.5. The van der Waals surface area contributed by atoms with Gasteiger partial charge in [-0.1, -0.05) is 23.2 Å². The van der Waals surface area contributed by atoms with Crippen molar-refractivity contribution < 1.29 is 4.74 Å². The molecule has 0 spiro atoms. The fraction of sp³-hybridized carbons (Fsp3) is 0.667. The molecule has 6 nitrogen and oxygen atoms in total. The standard InChI is InChI=1S/C15H27Cl2N5O/c1-18-15(19-6-5-7-21(2)8-9-23-4)20-11-12-10-13(16)14(17)22(12)3/h10H,5-9,11H2,1-4H3,(H2,18,19,20). The highest BCUT2D eigenvalue weighted by molar-refractivity contribution is 6.41. The van der Waals surface area contributed by atoms with Crippen LogP contribution in [0.1, 0.15) is 12.1 Å². The maximum absolute atomic E-state index is 6.06. The molecule has 8 heteroatoms. The Kier molecular flexibility index (Phi) is 9.40. The van der Waals surface area contributed by atoms with Crippen LogP contribution in [0.3, 0.4) is 0 Å². The van der Waals surface area contributed by atoms with Crippen molar-refractivity contribution in [3.05, 3.63) is 21.9 Å². The molecular weight excluding hydrogens is 337 g/mol. The predicted octanol–water partition coefficient (Wildman–Crippen LogP) is 1.97. The number of hydrogen-bond acceptors (Lipinski definition) is 3. The number of hydrogen-bond donors (Lipinski definition) is 2. The molecule has 0 saturated heterocycles. The molecule has 0 unspecified atom stereocenters. The zero-order chi connectivity index (χ0) is 17.2. The van der Waals surface area contributed by atoms with E-state index in [0.29, 0.717) is 16.7 Å². The quantitative estimate of drug-likeness (QED) is 0.400. The van der Waals surface area contributed by atoms with E-state index in [-0.39, 0.29) is 0 Å². The highest BCUT2D eigenvalue weighted by Crippen LogP contribution is 2.24. The molecule has 0 aliphatic carbocycles. The van der Waals surface area contributed by atoms with E-state index in [4.69, 9.17) is 27.9 Å². The summed E-state index contributed by atoms with van der Waals surface area (Å²) in [6, 6.07) is 1.86. The van der Waals surface area contributed by atoms with Gasteiger partial charge in [0.05, 0.1) is 18.2 Å². The zero-order valence-corrected chi connectivity index (χ0v) is 15.8. The summed E-state index contributed by atoms with van der Waals surface area (Å²) >= 11 is 12.1. The van der Waals surface area contributed by atoms with Gasteiger partial charge in [-0.05, 0) is 26.1 Å². The SMILES string of the molecule is CN=C(NCCCN(C)CCOC)NCc1cc(Cl)c(Cl)n1C. The van der Waals surface area contributed by atoms with Crippen LogP contribution in [0.2, 0.25) is 10.2 Å². The summed E-state index contributed by atoms with van der Waals surface area (Å²) < 4.78 is 6.92. The Morgan fingerprint density at radius 1 is 1.35 bits per heavy atom. The highest BCUT2D eigenvalue weighted by Gasteiger charge is 2.09. The van der Waals surface area contributed by atoms with Crippen LogP contribution in [-0.4, -0.2) is 62.9 Å². The van der Waals surface area contributed by atoms with Crippen molar-refractivity contribution in [1.29, 1.82) is 0 Å². The number of likely N-dealkylation sites (N-methyl/N-ethyl adjacent to an activating group) is 1. The first-order valence-electron chi connectivity index (χ1n) is 7.61. The van der Waals surface area contributed by atoms with E-state index < -0.39 is 0 Å². The van der Waals surface area contributed by atoms with Gasteiger partial charge in [0.25, 0.3) is 0 Å². The van der Waals surface area contributed by atoms with E-state index in [1.54, 1.807) is 14.2 Å². The number of halogens is 2. The fourth-order valence-corrected chi connectivity index (χ4v) is 2.48. The molecular formula is C15H27Cl2N5O. The van der Waals surface area contributed by atoms with Gasteiger partial charge in [-0.25, -0.2) is 0 Å². The van der Waals surface area contributed by atoms with Gasteiger partial charge in [-0.15, -0.1) is 0 Å². The third-order valence-corrected chi connectivity index (χ3v) is 4.40. The largest absolute Gasteiger partial charge is 0.383 e. The lowest BCUT2D eigenvalue weighted by Crippen LogP contribution is -2.38. The van der Waals surface area contributed by atoms with E-state index in [1.165, 1.54) is 0 Å². The molecule has 0 saturated carbocycles. The Balaban J connectivity index is 2.28. The second-order valence-electron chi connectivity index (χ2n) is 5.34. The van der Waals surface area contributed by atoms with E-state index in [9.17, 15) is 0 Å². The summed E-state index contributed by atoms with van der Waals surface area (Å²) in [4.78, 5) is 6.46. The number of nitrogens with zero attached hydrogens (tertiary/aromatic N) is 3. The van der Waals surface area contributed by atoms with Crippen LogP contribution in [-0.2, 0) is 18.3 Å². The second-order valence-corrected chi connectivity index (χ2v) is 6.10. The average Bonchev–Trinajstić information content (AvgIpc) is 2.79. The fourth-order valence-electron chi connectivity index (χ4n) is 2.07. The molecule has 0 aliphatic rings. The van der Waals surface area contributed by atoms with Crippen LogP contribution in [0.5, 0.6) is 0 Å². The summed E-state index contributed by atoms with van der Waals surface area (Å²) in [5, 5.41) is 7.66. The molecule has 0 bridgehead atoms. The van der Waals surface area contributed by atoms with E-state index >= 15 is 0 Å². The van der Waals surface area contributed by atoms with Crippen LogP contribution >= 0.6 is 23.2 Å². The Morgan fingerprint density at radius 2 is 2.09 bits per heavy atom. The maximum Gasteiger partial charge on any atom is 0.191 e. The smallest absolute Gasteiger partial charge is 0.191 e. The Labute approximate surface area is 148 Å². The minimum atomic E-state index is 0.547. The number of ether oxygens (including phenoxy) is 1. The number of aromatic nitrogens is 1. The third-order valence-electron chi connectivity index (χ3n) is 3.56. The van der Waals surface area contributed by atoms with Gasteiger partial charge in [0.1, 0.15) is 5.15 Å². The van der Waals surface area contributed by atoms with Crippen LogP contribution in [0, 0.1) is 0 Å². The Hall–Kier alpha value is -0.950. The molecule has 23 heavy (non-hydrogen) atoms. The minimum absolute atomic E-state index is 0.547. The number of nitrogens with one attached hydrogen (secondary N) is 2.